The van der Waals surface area contributed by atoms with Crippen LogP contribution in [-0.4, -0.2) is 81.3 Å². The number of likely N-dealkylation sites (tertiary alicyclic amines) is 2. The molecule has 46 heavy (non-hydrogen) atoms. The largest absolute Gasteiger partial charge is 0.386 e. The van der Waals surface area contributed by atoms with Crippen molar-refractivity contribution in [3.8, 4) is 0 Å². The monoisotopic (exact) mass is 653 g/mol. The molecule has 3 N–H and O–H groups in total. The standard InChI is InChI=1S/C35H51N5O5S/c1-7-22(4)30(38-31(42)28-15-11-12-16-39(28)6)32(43)36-26(21(2)3)19-29(41)33-37-27(20-46-33)35(45)40-25(17-23(5)34(40)44)18-24-13-9-8-10-14-24/h8-10,13-14,20-23,25-26,28-30,41H,7,11-12,15-19H2,1-6H3,(H,36,43)(H,38,42). The minimum Gasteiger partial charge on any atom is -0.386 e. The summed E-state index contributed by atoms with van der Waals surface area (Å²) < 4.78 is 0. The fourth-order valence-corrected chi connectivity index (χ4v) is 7.28. The molecular weight excluding hydrogens is 602 g/mol. The number of amides is 4. The third kappa shape index (κ3) is 8.60. The topological polar surface area (TPSA) is 132 Å². The Morgan fingerprint density at radius 1 is 1.11 bits per heavy atom. The number of carbonyl (C=O) groups excluding carboxylic acids is 4. The van der Waals surface area contributed by atoms with E-state index in [0.717, 1.165) is 31.4 Å². The number of imide groups is 1. The van der Waals surface area contributed by atoms with Gasteiger partial charge in [-0.1, -0.05) is 77.8 Å². The van der Waals surface area contributed by atoms with Crippen LogP contribution in [0.4, 0.5) is 0 Å². The Kier molecular flexibility index (Phi) is 12.5. The van der Waals surface area contributed by atoms with E-state index in [4.69, 9.17) is 0 Å². The number of thiazole rings is 1. The second-order valence-electron chi connectivity index (χ2n) is 13.5. The molecule has 1 aromatic heterocycles. The highest BCUT2D eigenvalue weighted by Crippen LogP contribution is 2.31. The van der Waals surface area contributed by atoms with Gasteiger partial charge in [-0.3, -0.25) is 29.0 Å². The van der Waals surface area contributed by atoms with Crippen LogP contribution in [0.5, 0.6) is 0 Å². The first-order valence-corrected chi connectivity index (χ1v) is 17.6. The van der Waals surface area contributed by atoms with Crippen LogP contribution >= 0.6 is 11.3 Å². The van der Waals surface area contributed by atoms with E-state index in [1.54, 1.807) is 5.38 Å². The quantitative estimate of drug-likeness (QED) is 0.274. The van der Waals surface area contributed by atoms with Gasteiger partial charge < -0.3 is 15.7 Å². The number of rotatable bonds is 13. The molecule has 2 aliphatic heterocycles. The maximum atomic E-state index is 13.6. The lowest BCUT2D eigenvalue weighted by molar-refractivity contribution is -0.134. The van der Waals surface area contributed by atoms with Gasteiger partial charge in [0.2, 0.25) is 17.7 Å². The Bertz CT molecular complexity index is 1350. The smallest absolute Gasteiger partial charge is 0.280 e. The van der Waals surface area contributed by atoms with Gasteiger partial charge in [0.25, 0.3) is 5.91 Å². The maximum absolute atomic E-state index is 13.6. The first kappa shape index (κ1) is 35.7. The molecule has 11 heteroatoms. The molecule has 0 aliphatic carbocycles. The molecule has 2 aromatic rings. The molecule has 0 bridgehead atoms. The predicted octanol–water partition coefficient (Wildman–Crippen LogP) is 4.34. The van der Waals surface area contributed by atoms with Gasteiger partial charge in [-0.2, -0.15) is 0 Å². The number of hydrogen-bond acceptors (Lipinski definition) is 8. The number of hydrogen-bond donors (Lipinski definition) is 3. The molecule has 2 fully saturated rings. The molecule has 0 saturated carbocycles. The lowest BCUT2D eigenvalue weighted by atomic mass is 9.94. The van der Waals surface area contributed by atoms with Crippen molar-refractivity contribution in [2.45, 2.75) is 110 Å². The van der Waals surface area contributed by atoms with Crippen LogP contribution in [-0.2, 0) is 20.8 Å². The normalized spacial score (nSPS) is 23.2. The van der Waals surface area contributed by atoms with Crippen molar-refractivity contribution in [3.63, 3.8) is 0 Å². The molecule has 10 nitrogen and oxygen atoms in total. The van der Waals surface area contributed by atoms with E-state index < -0.39 is 24.1 Å². The number of benzene rings is 1. The fraction of sp³-hybridized carbons (Fsp3) is 0.629. The molecular formula is C35H51N5O5S. The summed E-state index contributed by atoms with van der Waals surface area (Å²) in [4.78, 5) is 61.3. The molecule has 0 spiro atoms. The van der Waals surface area contributed by atoms with E-state index in [1.807, 2.05) is 76.9 Å². The van der Waals surface area contributed by atoms with Crippen molar-refractivity contribution >= 4 is 35.0 Å². The molecule has 0 radical (unpaired) electrons. The fourth-order valence-electron chi connectivity index (χ4n) is 6.49. The predicted molar refractivity (Wildman–Crippen MR) is 179 cm³/mol. The van der Waals surface area contributed by atoms with Gasteiger partial charge in [-0.05, 0) is 56.7 Å². The number of carbonyl (C=O) groups is 4. The Balaban J connectivity index is 1.42. The summed E-state index contributed by atoms with van der Waals surface area (Å²) >= 11 is 1.17. The van der Waals surface area contributed by atoms with Crippen molar-refractivity contribution in [3.05, 3.63) is 52.0 Å². The lowest BCUT2D eigenvalue weighted by Crippen LogP contribution is -2.57. The molecule has 3 heterocycles. The third-order valence-electron chi connectivity index (χ3n) is 9.68. The van der Waals surface area contributed by atoms with E-state index in [-0.39, 0.29) is 59.7 Å². The average Bonchev–Trinajstić information content (AvgIpc) is 3.64. The second kappa shape index (κ2) is 16.1. The highest BCUT2D eigenvalue weighted by atomic mass is 32.1. The summed E-state index contributed by atoms with van der Waals surface area (Å²) in [5, 5.41) is 19.3. The Morgan fingerprint density at radius 3 is 2.48 bits per heavy atom. The Hall–Kier alpha value is -3.15. The minimum absolute atomic E-state index is 0.0140. The summed E-state index contributed by atoms with van der Waals surface area (Å²) in [6.07, 6.45) is 3.86. The lowest BCUT2D eigenvalue weighted by Gasteiger charge is -2.34. The number of likely N-dealkylation sites (N-methyl/N-ethyl adjacent to an activating group) is 1. The number of aromatic nitrogens is 1. The van der Waals surface area contributed by atoms with Gasteiger partial charge in [-0.25, -0.2) is 4.98 Å². The van der Waals surface area contributed by atoms with Crippen LogP contribution in [0, 0.1) is 17.8 Å². The van der Waals surface area contributed by atoms with Gasteiger partial charge in [0.1, 0.15) is 22.8 Å². The third-order valence-corrected chi connectivity index (χ3v) is 10.6. The molecule has 4 rings (SSSR count). The summed E-state index contributed by atoms with van der Waals surface area (Å²) in [5.41, 5.74) is 1.19. The van der Waals surface area contributed by atoms with Crippen LogP contribution in [0.15, 0.2) is 35.7 Å². The molecule has 2 aliphatic rings. The molecule has 1 aromatic carbocycles. The van der Waals surface area contributed by atoms with Gasteiger partial charge in [0.05, 0.1) is 6.04 Å². The summed E-state index contributed by atoms with van der Waals surface area (Å²) in [6, 6.07) is 8.21. The van der Waals surface area contributed by atoms with Gasteiger partial charge >= 0.3 is 0 Å². The SMILES string of the molecule is CCC(C)C(NC(=O)C1CCCCN1C)C(=O)NC(CC(O)c1nc(C(=O)N2C(=O)C(C)CC2Cc2ccccc2)cs1)C(C)C. The summed E-state index contributed by atoms with van der Waals surface area (Å²) in [6.45, 7) is 10.6. The maximum Gasteiger partial charge on any atom is 0.280 e. The Labute approximate surface area is 277 Å². The van der Waals surface area contributed by atoms with Crippen molar-refractivity contribution in [1.82, 2.24) is 25.4 Å². The van der Waals surface area contributed by atoms with Crippen molar-refractivity contribution < 1.29 is 24.3 Å². The highest BCUT2D eigenvalue weighted by molar-refractivity contribution is 7.09. The zero-order valence-electron chi connectivity index (χ0n) is 28.1. The number of piperidine rings is 1. The van der Waals surface area contributed by atoms with E-state index in [9.17, 15) is 24.3 Å². The molecule has 4 amide bonds. The Morgan fingerprint density at radius 2 is 1.83 bits per heavy atom. The first-order valence-electron chi connectivity index (χ1n) is 16.8. The second-order valence-corrected chi connectivity index (χ2v) is 14.4. The van der Waals surface area contributed by atoms with Crippen molar-refractivity contribution in [2.75, 3.05) is 13.6 Å². The molecule has 252 valence electrons. The van der Waals surface area contributed by atoms with Crippen molar-refractivity contribution in [2.24, 2.45) is 17.8 Å². The summed E-state index contributed by atoms with van der Waals surface area (Å²) in [5.74, 6) is -1.40. The van der Waals surface area contributed by atoms with Crippen molar-refractivity contribution in [1.29, 1.82) is 0 Å². The zero-order chi connectivity index (χ0) is 33.5. The average molecular weight is 654 g/mol. The number of nitrogens with one attached hydrogen (secondary N) is 2. The van der Waals surface area contributed by atoms with Gasteiger partial charge in [-0.15, -0.1) is 11.3 Å². The highest BCUT2D eigenvalue weighted by Gasteiger charge is 2.42. The molecule has 7 unspecified atom stereocenters. The van der Waals surface area contributed by atoms with Gasteiger partial charge in [0, 0.05) is 29.8 Å². The zero-order valence-corrected chi connectivity index (χ0v) is 28.9. The first-order chi connectivity index (χ1) is 21.9. The molecule has 2 saturated heterocycles. The van der Waals surface area contributed by atoms with Crippen LogP contribution in [0.3, 0.4) is 0 Å². The van der Waals surface area contributed by atoms with E-state index >= 15 is 0 Å². The van der Waals surface area contributed by atoms with Crippen LogP contribution in [0.25, 0.3) is 0 Å². The van der Waals surface area contributed by atoms with E-state index in [2.05, 4.69) is 15.6 Å². The van der Waals surface area contributed by atoms with E-state index in [1.165, 1.54) is 16.2 Å². The van der Waals surface area contributed by atoms with Crippen LogP contribution in [0.1, 0.15) is 100 Å². The van der Waals surface area contributed by atoms with E-state index in [0.29, 0.717) is 24.3 Å². The van der Waals surface area contributed by atoms with Crippen LogP contribution in [0.2, 0.25) is 0 Å². The molecule has 7 atom stereocenters. The minimum atomic E-state index is -1.03. The number of aliphatic hydroxyl groups excluding tert-OH is 1. The summed E-state index contributed by atoms with van der Waals surface area (Å²) in [7, 11) is 1.95. The van der Waals surface area contributed by atoms with Gasteiger partial charge in [0.15, 0.2) is 0 Å². The number of nitrogens with zero attached hydrogens (tertiary/aromatic N) is 3. The number of aliphatic hydroxyl groups is 1. The van der Waals surface area contributed by atoms with Crippen LogP contribution < -0.4 is 10.6 Å².